The smallest absolute Gasteiger partial charge is 0.416 e. The van der Waals surface area contributed by atoms with Gasteiger partial charge in [0.2, 0.25) is 5.28 Å². The van der Waals surface area contributed by atoms with E-state index in [1.54, 1.807) is 0 Å². The van der Waals surface area contributed by atoms with Gasteiger partial charge in [0.1, 0.15) is 5.82 Å². The molecule has 11 heteroatoms. The van der Waals surface area contributed by atoms with E-state index in [0.29, 0.717) is 23.2 Å². The molecule has 1 aliphatic rings. The number of carboxylic acid groups (broad SMARTS) is 1. The summed E-state index contributed by atoms with van der Waals surface area (Å²) in [6, 6.07) is 3.26. The third-order valence-corrected chi connectivity index (χ3v) is 4.27. The molecule has 1 aromatic heterocycles. The Balaban J connectivity index is 1.86. The normalized spacial score (nSPS) is 14.0. The number of rotatable bonds is 3. The summed E-state index contributed by atoms with van der Waals surface area (Å²) in [5.74, 6) is 0.284. The predicted octanol–water partition coefficient (Wildman–Crippen LogP) is 3.38. The van der Waals surface area contributed by atoms with Gasteiger partial charge in [0.25, 0.3) is 0 Å². The van der Waals surface area contributed by atoms with Gasteiger partial charge in [0, 0.05) is 30.8 Å². The minimum atomic E-state index is -4.51. The van der Waals surface area contributed by atoms with Crippen molar-refractivity contribution in [2.45, 2.75) is 25.7 Å². The molecule has 27 heavy (non-hydrogen) atoms. The third-order valence-electron chi connectivity index (χ3n) is 4.11. The Morgan fingerprint density at radius 1 is 1.33 bits per heavy atom. The van der Waals surface area contributed by atoms with Gasteiger partial charge in [-0.3, -0.25) is 0 Å². The molecule has 1 aliphatic heterocycles. The van der Waals surface area contributed by atoms with Crippen molar-refractivity contribution in [2.24, 2.45) is 0 Å². The van der Waals surface area contributed by atoms with Gasteiger partial charge in [-0.25, -0.2) is 14.8 Å². The first-order chi connectivity index (χ1) is 12.6. The minimum Gasteiger partial charge on any atom is -0.465 e. The number of nitrogens with one attached hydrogen (secondary N) is 1. The van der Waals surface area contributed by atoms with Gasteiger partial charge in [0.05, 0.1) is 17.8 Å². The monoisotopic (exact) mass is 401 g/mol. The van der Waals surface area contributed by atoms with E-state index in [2.05, 4.69) is 15.3 Å². The number of amides is 1. The van der Waals surface area contributed by atoms with Crippen molar-refractivity contribution in [3.63, 3.8) is 0 Å². The number of anilines is 2. The van der Waals surface area contributed by atoms with Gasteiger partial charge in [0.15, 0.2) is 0 Å². The van der Waals surface area contributed by atoms with Crippen LogP contribution in [0.3, 0.4) is 0 Å². The molecular formula is C16H15ClF3N5O2. The average Bonchev–Trinajstić information content (AvgIpc) is 2.57. The van der Waals surface area contributed by atoms with E-state index < -0.39 is 17.8 Å². The highest BCUT2D eigenvalue weighted by atomic mass is 35.5. The standard InChI is InChI=1S/C16H15ClF3N5O2/c17-14-23-12-1-2-25(15(26)27)7-11(12)13(24-14)22-6-8-3-9(16(18,19)20)5-10(21)4-8/h3-5H,1-2,6-7,21H2,(H,26,27)(H,22,23,24). The number of fused-ring (bicyclic) bond motifs is 1. The van der Waals surface area contributed by atoms with Crippen LogP contribution in [-0.4, -0.2) is 32.6 Å². The van der Waals surface area contributed by atoms with Crippen molar-refractivity contribution in [3.8, 4) is 0 Å². The molecule has 1 amide bonds. The maximum absolute atomic E-state index is 12.9. The number of hydrogen-bond acceptors (Lipinski definition) is 5. The van der Waals surface area contributed by atoms with Gasteiger partial charge in [-0.2, -0.15) is 13.2 Å². The molecule has 1 aromatic carbocycles. The van der Waals surface area contributed by atoms with E-state index in [1.807, 2.05) is 0 Å². The second kappa shape index (κ2) is 7.10. The van der Waals surface area contributed by atoms with Crippen molar-refractivity contribution in [2.75, 3.05) is 17.6 Å². The van der Waals surface area contributed by atoms with Crippen LogP contribution in [0.4, 0.5) is 29.5 Å². The fourth-order valence-corrected chi connectivity index (χ4v) is 3.05. The molecule has 0 spiro atoms. The van der Waals surface area contributed by atoms with Crippen LogP contribution in [0.15, 0.2) is 18.2 Å². The highest BCUT2D eigenvalue weighted by molar-refractivity contribution is 6.28. The molecule has 0 radical (unpaired) electrons. The van der Waals surface area contributed by atoms with Crippen molar-refractivity contribution in [3.05, 3.63) is 45.9 Å². The van der Waals surface area contributed by atoms with E-state index in [0.717, 1.165) is 12.1 Å². The van der Waals surface area contributed by atoms with Crippen LogP contribution < -0.4 is 11.1 Å². The molecule has 4 N–H and O–H groups in total. The van der Waals surface area contributed by atoms with Crippen molar-refractivity contribution < 1.29 is 23.1 Å². The second-order valence-corrected chi connectivity index (χ2v) is 6.37. The van der Waals surface area contributed by atoms with Gasteiger partial charge >= 0.3 is 12.3 Å². The lowest BCUT2D eigenvalue weighted by atomic mass is 10.1. The summed E-state index contributed by atoms with van der Waals surface area (Å²) in [5.41, 5.74) is 6.17. The number of carbonyl (C=O) groups is 1. The molecule has 0 fully saturated rings. The Morgan fingerprint density at radius 2 is 2.07 bits per heavy atom. The topological polar surface area (TPSA) is 104 Å². The lowest BCUT2D eigenvalue weighted by molar-refractivity contribution is -0.137. The number of aromatic nitrogens is 2. The number of alkyl halides is 3. The summed E-state index contributed by atoms with van der Waals surface area (Å²) >= 11 is 5.91. The highest BCUT2D eigenvalue weighted by Gasteiger charge is 2.31. The van der Waals surface area contributed by atoms with Gasteiger partial charge in [-0.15, -0.1) is 0 Å². The molecule has 0 bridgehead atoms. The summed E-state index contributed by atoms with van der Waals surface area (Å²) < 4.78 is 38.8. The Kier molecular flexibility index (Phi) is 5.01. The first kappa shape index (κ1) is 19.0. The second-order valence-electron chi connectivity index (χ2n) is 6.04. The summed E-state index contributed by atoms with van der Waals surface area (Å²) in [6.07, 6.45) is -5.22. The zero-order chi connectivity index (χ0) is 19.8. The van der Waals surface area contributed by atoms with E-state index >= 15 is 0 Å². The molecule has 0 saturated heterocycles. The van der Waals surface area contributed by atoms with Gasteiger partial charge < -0.3 is 21.1 Å². The predicted molar refractivity (Wildman–Crippen MR) is 92.4 cm³/mol. The number of benzene rings is 1. The van der Waals surface area contributed by atoms with Crippen LogP contribution in [0.5, 0.6) is 0 Å². The number of nitrogen functional groups attached to an aromatic ring is 1. The Labute approximate surface area is 157 Å². The zero-order valence-electron chi connectivity index (χ0n) is 13.8. The lowest BCUT2D eigenvalue weighted by Gasteiger charge is -2.27. The van der Waals surface area contributed by atoms with E-state index in [-0.39, 0.29) is 36.4 Å². The lowest BCUT2D eigenvalue weighted by Crippen LogP contribution is -2.36. The molecule has 3 rings (SSSR count). The molecule has 2 heterocycles. The van der Waals surface area contributed by atoms with Crippen LogP contribution in [-0.2, 0) is 25.7 Å². The SMILES string of the molecule is Nc1cc(CNc2nc(Cl)nc3c2CN(C(=O)O)CC3)cc(C(F)(F)F)c1. The fraction of sp³-hybridized carbons (Fsp3) is 0.312. The number of nitrogens with two attached hydrogens (primary N) is 1. The zero-order valence-corrected chi connectivity index (χ0v) is 14.6. The largest absolute Gasteiger partial charge is 0.465 e. The summed E-state index contributed by atoms with van der Waals surface area (Å²) in [5, 5.41) is 12.1. The summed E-state index contributed by atoms with van der Waals surface area (Å²) in [4.78, 5) is 20.6. The third kappa shape index (κ3) is 4.33. The fourth-order valence-electron chi connectivity index (χ4n) is 2.86. The summed E-state index contributed by atoms with van der Waals surface area (Å²) in [6.45, 7) is 0.342. The van der Waals surface area contributed by atoms with Gasteiger partial charge in [-0.1, -0.05) is 0 Å². The Morgan fingerprint density at radius 3 is 2.74 bits per heavy atom. The number of nitrogens with zero attached hydrogens (tertiary/aromatic N) is 3. The molecule has 7 nitrogen and oxygen atoms in total. The van der Waals surface area contributed by atoms with Crippen molar-refractivity contribution in [1.82, 2.24) is 14.9 Å². The van der Waals surface area contributed by atoms with Crippen LogP contribution >= 0.6 is 11.6 Å². The van der Waals surface area contributed by atoms with Crippen LogP contribution in [0.25, 0.3) is 0 Å². The minimum absolute atomic E-state index is 0.000966. The molecule has 0 atom stereocenters. The first-order valence-corrected chi connectivity index (χ1v) is 8.25. The van der Waals surface area contributed by atoms with Crippen LogP contribution in [0.1, 0.15) is 22.4 Å². The van der Waals surface area contributed by atoms with Crippen LogP contribution in [0.2, 0.25) is 5.28 Å². The summed E-state index contributed by atoms with van der Waals surface area (Å²) in [7, 11) is 0. The molecular weight excluding hydrogens is 387 g/mol. The molecule has 0 unspecified atom stereocenters. The molecule has 2 aromatic rings. The Bertz CT molecular complexity index is 891. The maximum atomic E-state index is 12.9. The molecule has 0 aliphatic carbocycles. The van der Waals surface area contributed by atoms with Crippen molar-refractivity contribution in [1.29, 1.82) is 0 Å². The molecule has 0 saturated carbocycles. The highest BCUT2D eigenvalue weighted by Crippen LogP contribution is 2.32. The Hall–Kier alpha value is -2.75. The van der Waals surface area contributed by atoms with Gasteiger partial charge in [-0.05, 0) is 35.4 Å². The van der Waals surface area contributed by atoms with E-state index in [4.69, 9.17) is 17.3 Å². The maximum Gasteiger partial charge on any atom is 0.416 e. The van der Waals surface area contributed by atoms with E-state index in [1.165, 1.54) is 11.0 Å². The molecule has 144 valence electrons. The van der Waals surface area contributed by atoms with Crippen molar-refractivity contribution >= 4 is 29.2 Å². The average molecular weight is 402 g/mol. The number of hydrogen-bond donors (Lipinski definition) is 3. The number of halogens is 4. The first-order valence-electron chi connectivity index (χ1n) is 7.87. The van der Waals surface area contributed by atoms with E-state index in [9.17, 15) is 23.1 Å². The van der Waals surface area contributed by atoms with Crippen LogP contribution in [0, 0.1) is 0 Å². The quantitative estimate of drug-likeness (QED) is 0.538.